The molecule has 1 saturated heterocycles. The molecule has 1 aromatic carbocycles. The monoisotopic (exact) mass is 259 g/mol. The highest BCUT2D eigenvalue weighted by Crippen LogP contribution is 2.29. The van der Waals surface area contributed by atoms with Crippen molar-refractivity contribution in [1.82, 2.24) is 4.90 Å². The zero-order valence-electron chi connectivity index (χ0n) is 11.2. The van der Waals surface area contributed by atoms with Crippen LogP contribution in [-0.4, -0.2) is 35.1 Å². The molecule has 19 heavy (non-hydrogen) atoms. The van der Waals surface area contributed by atoms with Crippen molar-refractivity contribution in [2.24, 2.45) is 5.92 Å². The van der Waals surface area contributed by atoms with E-state index in [0.717, 1.165) is 38.6 Å². The highest BCUT2D eigenvalue weighted by atomic mass is 16.3. The lowest BCUT2D eigenvalue weighted by molar-refractivity contribution is -0.140. The van der Waals surface area contributed by atoms with Crippen molar-refractivity contribution in [3.63, 3.8) is 0 Å². The van der Waals surface area contributed by atoms with E-state index in [1.54, 1.807) is 0 Å². The Morgan fingerprint density at radius 3 is 2.53 bits per heavy atom. The second-order valence-corrected chi connectivity index (χ2v) is 5.74. The van der Waals surface area contributed by atoms with Crippen LogP contribution in [0, 0.1) is 5.92 Å². The first-order valence-electron chi connectivity index (χ1n) is 7.27. The number of fused-ring (bicyclic) bond motifs is 1. The zero-order chi connectivity index (χ0) is 13.2. The molecule has 0 bridgehead atoms. The highest BCUT2D eigenvalue weighted by molar-refractivity contribution is 5.81. The van der Waals surface area contributed by atoms with Gasteiger partial charge in [0.15, 0.2) is 0 Å². The first kappa shape index (κ1) is 12.7. The molecule has 1 heterocycles. The summed E-state index contributed by atoms with van der Waals surface area (Å²) in [6.07, 6.45) is 4.87. The molecule has 1 N–H and O–H groups in total. The molecule has 0 aromatic heterocycles. The van der Waals surface area contributed by atoms with Crippen molar-refractivity contribution < 1.29 is 9.90 Å². The van der Waals surface area contributed by atoms with Crippen LogP contribution in [0.4, 0.5) is 0 Å². The summed E-state index contributed by atoms with van der Waals surface area (Å²) in [6, 6.07) is 8.39. The quantitative estimate of drug-likeness (QED) is 0.879. The minimum Gasteiger partial charge on any atom is -0.394 e. The van der Waals surface area contributed by atoms with Crippen molar-refractivity contribution in [2.45, 2.75) is 38.1 Å². The number of hydrogen-bond donors (Lipinski definition) is 1. The Morgan fingerprint density at radius 1 is 1.21 bits per heavy atom. The average molecular weight is 259 g/mol. The Balaban J connectivity index is 1.72. The summed E-state index contributed by atoms with van der Waals surface area (Å²) in [6.45, 7) is 0.919. The first-order valence-corrected chi connectivity index (χ1v) is 7.27. The smallest absolute Gasteiger partial charge is 0.226 e. The third-order valence-electron chi connectivity index (χ3n) is 4.52. The molecule has 0 spiro atoms. The number of benzene rings is 1. The summed E-state index contributed by atoms with van der Waals surface area (Å²) < 4.78 is 0. The van der Waals surface area contributed by atoms with E-state index in [9.17, 15) is 9.90 Å². The van der Waals surface area contributed by atoms with Gasteiger partial charge in [-0.15, -0.1) is 0 Å². The van der Waals surface area contributed by atoms with Crippen LogP contribution >= 0.6 is 0 Å². The van der Waals surface area contributed by atoms with Crippen LogP contribution in [0.25, 0.3) is 0 Å². The van der Waals surface area contributed by atoms with Crippen LogP contribution in [0.3, 0.4) is 0 Å². The number of aliphatic hydroxyl groups excluding tert-OH is 1. The zero-order valence-corrected chi connectivity index (χ0v) is 11.2. The van der Waals surface area contributed by atoms with Crippen molar-refractivity contribution in [1.29, 1.82) is 0 Å². The fraction of sp³-hybridized carbons (Fsp3) is 0.562. The molecule has 3 rings (SSSR count). The second kappa shape index (κ2) is 5.33. The molecule has 2 aliphatic rings. The van der Waals surface area contributed by atoms with Crippen LogP contribution in [0.5, 0.6) is 0 Å². The minimum atomic E-state index is 0.0463. The summed E-state index contributed by atoms with van der Waals surface area (Å²) in [5, 5.41) is 9.43. The fourth-order valence-electron chi connectivity index (χ4n) is 3.45. The summed E-state index contributed by atoms with van der Waals surface area (Å²) in [5.74, 6) is 0.333. The predicted octanol–water partition coefficient (Wildman–Crippen LogP) is 1.77. The summed E-state index contributed by atoms with van der Waals surface area (Å²) in [7, 11) is 0. The van der Waals surface area contributed by atoms with Crippen LogP contribution in [-0.2, 0) is 17.6 Å². The molecule has 1 unspecified atom stereocenters. The maximum absolute atomic E-state index is 12.7. The Labute approximate surface area is 114 Å². The van der Waals surface area contributed by atoms with E-state index >= 15 is 0 Å². The van der Waals surface area contributed by atoms with Gasteiger partial charge in [0.25, 0.3) is 0 Å². The number of likely N-dealkylation sites (tertiary alicyclic amines) is 1. The van der Waals surface area contributed by atoms with Gasteiger partial charge < -0.3 is 10.0 Å². The van der Waals surface area contributed by atoms with Gasteiger partial charge in [-0.1, -0.05) is 24.3 Å². The number of amides is 1. The summed E-state index contributed by atoms with van der Waals surface area (Å²) in [4.78, 5) is 14.6. The molecule has 0 radical (unpaired) electrons. The average Bonchev–Trinajstić information content (AvgIpc) is 2.90. The number of hydrogen-bond acceptors (Lipinski definition) is 2. The molecular formula is C16H21NO2. The Bertz CT molecular complexity index is 447. The van der Waals surface area contributed by atoms with Gasteiger partial charge in [-0.3, -0.25) is 4.79 Å². The number of carbonyl (C=O) groups is 1. The van der Waals surface area contributed by atoms with Gasteiger partial charge in [-0.2, -0.15) is 0 Å². The third kappa shape index (κ3) is 2.39. The maximum atomic E-state index is 12.7. The van der Waals surface area contributed by atoms with Crippen molar-refractivity contribution in [2.75, 3.05) is 13.2 Å². The largest absolute Gasteiger partial charge is 0.394 e. The van der Waals surface area contributed by atoms with Crippen molar-refractivity contribution in [3.05, 3.63) is 35.4 Å². The Kier molecular flexibility index (Phi) is 3.56. The van der Waals surface area contributed by atoms with Gasteiger partial charge in [0, 0.05) is 12.5 Å². The Morgan fingerprint density at radius 2 is 1.89 bits per heavy atom. The van der Waals surface area contributed by atoms with Crippen LogP contribution < -0.4 is 0 Å². The van der Waals surface area contributed by atoms with Crippen LogP contribution in [0.1, 0.15) is 30.4 Å². The maximum Gasteiger partial charge on any atom is 0.226 e. The van der Waals surface area contributed by atoms with E-state index in [4.69, 9.17) is 0 Å². The van der Waals surface area contributed by atoms with Crippen molar-refractivity contribution >= 4 is 5.91 Å². The molecular weight excluding hydrogens is 238 g/mol. The van der Waals surface area contributed by atoms with E-state index in [1.165, 1.54) is 11.1 Å². The highest BCUT2D eigenvalue weighted by Gasteiger charge is 2.34. The van der Waals surface area contributed by atoms with Gasteiger partial charge in [-0.25, -0.2) is 0 Å². The van der Waals surface area contributed by atoms with Gasteiger partial charge in [0.2, 0.25) is 5.91 Å². The van der Waals surface area contributed by atoms with Gasteiger partial charge in [-0.05, 0) is 43.2 Å². The Hall–Kier alpha value is -1.35. The van der Waals surface area contributed by atoms with Gasteiger partial charge in [0.05, 0.1) is 12.6 Å². The molecule has 1 amide bonds. The molecule has 1 aromatic rings. The van der Waals surface area contributed by atoms with E-state index in [1.807, 2.05) is 17.0 Å². The van der Waals surface area contributed by atoms with E-state index in [2.05, 4.69) is 12.1 Å². The molecule has 3 heteroatoms. The topological polar surface area (TPSA) is 40.5 Å². The number of aliphatic hydroxyl groups is 1. The van der Waals surface area contributed by atoms with Crippen LogP contribution in [0.2, 0.25) is 0 Å². The molecule has 1 aliphatic heterocycles. The summed E-state index contributed by atoms with van der Waals surface area (Å²) >= 11 is 0. The normalized spacial score (nSPS) is 23.4. The minimum absolute atomic E-state index is 0.0463. The molecule has 1 fully saturated rings. The lowest BCUT2D eigenvalue weighted by Crippen LogP contribution is -2.48. The SMILES string of the molecule is O=C(C1Cc2ccccc2C1)N1CCCCC1CO. The van der Waals surface area contributed by atoms with Crippen molar-refractivity contribution in [3.8, 4) is 0 Å². The number of piperidine rings is 1. The molecule has 0 saturated carbocycles. The van der Waals surface area contributed by atoms with Gasteiger partial charge in [0.1, 0.15) is 0 Å². The molecule has 3 nitrogen and oxygen atoms in total. The lowest BCUT2D eigenvalue weighted by atomic mass is 9.98. The van der Waals surface area contributed by atoms with E-state index < -0.39 is 0 Å². The van der Waals surface area contributed by atoms with Gasteiger partial charge >= 0.3 is 0 Å². The number of nitrogens with zero attached hydrogens (tertiary/aromatic N) is 1. The lowest BCUT2D eigenvalue weighted by Gasteiger charge is -2.36. The van der Waals surface area contributed by atoms with Crippen LogP contribution in [0.15, 0.2) is 24.3 Å². The first-order chi connectivity index (χ1) is 9.29. The molecule has 102 valence electrons. The standard InChI is InChI=1S/C16H21NO2/c18-11-15-7-3-4-8-17(15)16(19)14-9-12-5-1-2-6-13(12)10-14/h1-2,5-6,14-15,18H,3-4,7-11H2. The fourth-order valence-corrected chi connectivity index (χ4v) is 3.45. The number of rotatable bonds is 2. The third-order valence-corrected chi connectivity index (χ3v) is 4.52. The van der Waals surface area contributed by atoms with E-state index in [-0.39, 0.29) is 24.5 Å². The molecule has 1 atom stereocenters. The number of carbonyl (C=O) groups excluding carboxylic acids is 1. The summed E-state index contributed by atoms with van der Waals surface area (Å²) in [5.41, 5.74) is 2.64. The predicted molar refractivity (Wildman–Crippen MR) is 73.8 cm³/mol. The second-order valence-electron chi connectivity index (χ2n) is 5.74. The van der Waals surface area contributed by atoms with E-state index in [0.29, 0.717) is 0 Å². The molecule has 1 aliphatic carbocycles.